The fourth-order valence-electron chi connectivity index (χ4n) is 3.24. The fraction of sp³-hybridized carbons (Fsp3) is 0.429. The molecule has 2 aromatic rings. The molecule has 1 aromatic carbocycles. The number of ether oxygens (including phenoxy) is 1. The summed E-state index contributed by atoms with van der Waals surface area (Å²) in [5.41, 5.74) is 3.42. The molecule has 0 spiro atoms. The Morgan fingerprint density at radius 2 is 1.93 bits per heavy atom. The zero-order valence-electron chi connectivity index (χ0n) is 16.5. The Balaban J connectivity index is 1.52. The van der Waals surface area contributed by atoms with E-state index < -0.39 is 0 Å². The summed E-state index contributed by atoms with van der Waals surface area (Å²) in [5.74, 6) is 2.71. The fourth-order valence-corrected chi connectivity index (χ4v) is 3.24. The van der Waals surface area contributed by atoms with E-state index in [9.17, 15) is 0 Å². The molecule has 1 aromatic heterocycles. The van der Waals surface area contributed by atoms with Crippen LogP contribution >= 0.6 is 0 Å². The largest absolute Gasteiger partial charge is 0.496 e. The van der Waals surface area contributed by atoms with Gasteiger partial charge in [0.1, 0.15) is 11.6 Å². The lowest BCUT2D eigenvalue weighted by Crippen LogP contribution is -2.36. The maximum absolute atomic E-state index is 5.46. The lowest BCUT2D eigenvalue weighted by atomic mass is 10.1. The highest BCUT2D eigenvalue weighted by Gasteiger charge is 2.13. The van der Waals surface area contributed by atoms with Crippen molar-refractivity contribution in [2.75, 3.05) is 32.1 Å². The van der Waals surface area contributed by atoms with Crippen molar-refractivity contribution in [2.45, 2.75) is 32.9 Å². The van der Waals surface area contributed by atoms with E-state index in [1.807, 2.05) is 12.3 Å². The van der Waals surface area contributed by atoms with Gasteiger partial charge in [-0.1, -0.05) is 18.2 Å². The first-order chi connectivity index (χ1) is 13.2. The van der Waals surface area contributed by atoms with Gasteiger partial charge in [0, 0.05) is 45.0 Å². The molecule has 144 valence electrons. The quantitative estimate of drug-likeness (QED) is 0.607. The highest BCUT2D eigenvalue weighted by Crippen LogP contribution is 2.20. The molecule has 1 aliphatic heterocycles. The Hall–Kier alpha value is -2.76. The van der Waals surface area contributed by atoms with Gasteiger partial charge in [0.05, 0.1) is 7.11 Å². The van der Waals surface area contributed by atoms with E-state index >= 15 is 0 Å². The van der Waals surface area contributed by atoms with E-state index in [2.05, 4.69) is 56.7 Å². The molecule has 0 atom stereocenters. The van der Waals surface area contributed by atoms with E-state index in [0.29, 0.717) is 13.1 Å². The minimum atomic E-state index is 0.648. The Morgan fingerprint density at radius 3 is 2.59 bits per heavy atom. The number of guanidine groups is 1. The molecular weight excluding hydrogens is 338 g/mol. The SMILES string of the molecule is CN=C(NCc1ccc(N2CCCC2)nc1)NCc1ccc(C)cc1OC. The Bertz CT molecular complexity index is 767. The molecule has 2 N–H and O–H groups in total. The van der Waals surface area contributed by atoms with E-state index in [0.717, 1.165) is 41.7 Å². The van der Waals surface area contributed by atoms with Gasteiger partial charge in [0.25, 0.3) is 0 Å². The van der Waals surface area contributed by atoms with Crippen LogP contribution in [0.2, 0.25) is 0 Å². The molecule has 0 unspecified atom stereocenters. The lowest BCUT2D eigenvalue weighted by molar-refractivity contribution is 0.408. The third-order valence-corrected chi connectivity index (χ3v) is 4.81. The van der Waals surface area contributed by atoms with Crippen LogP contribution in [0.15, 0.2) is 41.5 Å². The summed E-state index contributed by atoms with van der Waals surface area (Å²) in [6.45, 7) is 5.61. The molecule has 0 amide bonds. The van der Waals surface area contributed by atoms with Gasteiger partial charge in [-0.15, -0.1) is 0 Å². The first kappa shape index (κ1) is 19.0. The van der Waals surface area contributed by atoms with Crippen LogP contribution in [0.25, 0.3) is 0 Å². The van der Waals surface area contributed by atoms with Crippen molar-refractivity contribution in [1.29, 1.82) is 0 Å². The molecular formula is C21H29N5O. The third-order valence-electron chi connectivity index (χ3n) is 4.81. The summed E-state index contributed by atoms with van der Waals surface area (Å²) in [7, 11) is 3.47. The molecule has 6 heteroatoms. The number of nitrogens with one attached hydrogen (secondary N) is 2. The van der Waals surface area contributed by atoms with Crippen molar-refractivity contribution in [3.8, 4) is 5.75 Å². The number of pyridine rings is 1. The molecule has 3 rings (SSSR count). The summed E-state index contributed by atoms with van der Waals surface area (Å²) < 4.78 is 5.46. The van der Waals surface area contributed by atoms with Crippen LogP contribution in [-0.2, 0) is 13.1 Å². The zero-order chi connectivity index (χ0) is 19.1. The maximum Gasteiger partial charge on any atom is 0.191 e. The first-order valence-corrected chi connectivity index (χ1v) is 9.47. The normalized spacial score (nSPS) is 14.3. The number of rotatable bonds is 6. The van der Waals surface area contributed by atoms with Gasteiger partial charge >= 0.3 is 0 Å². The number of aliphatic imine (C=N–C) groups is 1. The number of hydrogen-bond acceptors (Lipinski definition) is 4. The lowest BCUT2D eigenvalue weighted by Gasteiger charge is -2.17. The molecule has 1 saturated heterocycles. The zero-order valence-corrected chi connectivity index (χ0v) is 16.5. The monoisotopic (exact) mass is 367 g/mol. The molecule has 0 radical (unpaired) electrons. The van der Waals surface area contributed by atoms with Crippen molar-refractivity contribution in [2.24, 2.45) is 4.99 Å². The Morgan fingerprint density at radius 1 is 1.15 bits per heavy atom. The topological polar surface area (TPSA) is 61.8 Å². The second-order valence-corrected chi connectivity index (χ2v) is 6.81. The smallest absolute Gasteiger partial charge is 0.191 e. The predicted molar refractivity (Wildman–Crippen MR) is 110 cm³/mol. The van der Waals surface area contributed by atoms with Gasteiger partial charge < -0.3 is 20.3 Å². The van der Waals surface area contributed by atoms with Crippen LogP contribution in [0.5, 0.6) is 5.75 Å². The Labute approximate surface area is 161 Å². The van der Waals surface area contributed by atoms with Crippen molar-refractivity contribution in [3.05, 3.63) is 53.2 Å². The van der Waals surface area contributed by atoms with Gasteiger partial charge in [-0.05, 0) is 43.0 Å². The van der Waals surface area contributed by atoms with Crippen LogP contribution in [-0.4, -0.2) is 38.2 Å². The highest BCUT2D eigenvalue weighted by molar-refractivity contribution is 5.79. The van der Waals surface area contributed by atoms with Crippen LogP contribution < -0.4 is 20.3 Å². The van der Waals surface area contributed by atoms with Crippen molar-refractivity contribution in [3.63, 3.8) is 0 Å². The van der Waals surface area contributed by atoms with E-state index in [-0.39, 0.29) is 0 Å². The average Bonchev–Trinajstić information content (AvgIpc) is 3.24. The number of aromatic nitrogens is 1. The Kier molecular flexibility index (Phi) is 6.52. The standard InChI is InChI=1S/C21H29N5O/c1-16-6-8-18(19(12-16)27-3)15-25-21(22-2)24-14-17-7-9-20(23-13-17)26-10-4-5-11-26/h6-9,12-13H,4-5,10-11,14-15H2,1-3H3,(H2,22,24,25). The number of hydrogen-bond donors (Lipinski definition) is 2. The van der Waals surface area contributed by atoms with Crippen molar-refractivity contribution >= 4 is 11.8 Å². The van der Waals surface area contributed by atoms with E-state index in [1.165, 1.54) is 18.4 Å². The van der Waals surface area contributed by atoms with Gasteiger partial charge in [-0.25, -0.2) is 4.98 Å². The number of nitrogens with zero attached hydrogens (tertiary/aromatic N) is 3. The summed E-state index contributed by atoms with van der Waals surface area (Å²) >= 11 is 0. The number of anilines is 1. The number of aryl methyl sites for hydroxylation is 1. The molecule has 27 heavy (non-hydrogen) atoms. The minimum absolute atomic E-state index is 0.648. The molecule has 1 fully saturated rings. The van der Waals surface area contributed by atoms with Gasteiger partial charge in [-0.3, -0.25) is 4.99 Å². The van der Waals surface area contributed by atoms with Gasteiger partial charge in [0.15, 0.2) is 5.96 Å². The van der Waals surface area contributed by atoms with E-state index in [1.54, 1.807) is 14.2 Å². The summed E-state index contributed by atoms with van der Waals surface area (Å²) in [6.07, 6.45) is 4.47. The molecule has 2 heterocycles. The van der Waals surface area contributed by atoms with Crippen molar-refractivity contribution < 1.29 is 4.74 Å². The predicted octanol–water partition coefficient (Wildman–Crippen LogP) is 2.86. The van der Waals surface area contributed by atoms with Crippen LogP contribution in [0, 0.1) is 6.92 Å². The van der Waals surface area contributed by atoms with Gasteiger partial charge in [0.2, 0.25) is 0 Å². The molecule has 6 nitrogen and oxygen atoms in total. The van der Waals surface area contributed by atoms with Crippen molar-refractivity contribution in [1.82, 2.24) is 15.6 Å². The molecule has 0 bridgehead atoms. The molecule has 0 saturated carbocycles. The second-order valence-electron chi connectivity index (χ2n) is 6.81. The summed E-state index contributed by atoms with van der Waals surface area (Å²) in [4.78, 5) is 11.2. The number of methoxy groups -OCH3 is 1. The highest BCUT2D eigenvalue weighted by atomic mass is 16.5. The van der Waals surface area contributed by atoms with Crippen LogP contribution in [0.3, 0.4) is 0 Å². The van der Waals surface area contributed by atoms with Crippen LogP contribution in [0.1, 0.15) is 29.5 Å². The summed E-state index contributed by atoms with van der Waals surface area (Å²) in [6, 6.07) is 10.4. The third kappa shape index (κ3) is 5.12. The minimum Gasteiger partial charge on any atom is -0.496 e. The van der Waals surface area contributed by atoms with E-state index in [4.69, 9.17) is 4.74 Å². The van der Waals surface area contributed by atoms with Gasteiger partial charge in [-0.2, -0.15) is 0 Å². The van der Waals surface area contributed by atoms with Crippen LogP contribution in [0.4, 0.5) is 5.82 Å². The summed E-state index contributed by atoms with van der Waals surface area (Å²) in [5, 5.41) is 6.67. The number of benzene rings is 1. The first-order valence-electron chi connectivity index (χ1n) is 9.47. The average molecular weight is 367 g/mol. The maximum atomic E-state index is 5.46. The molecule has 0 aliphatic carbocycles. The second kappa shape index (κ2) is 9.26. The molecule has 1 aliphatic rings.